The van der Waals surface area contributed by atoms with Gasteiger partial charge in [-0.2, -0.15) is 19.0 Å². The second kappa shape index (κ2) is 3.62. The Hall–Kier alpha value is -1.43. The molecule has 0 aromatic carbocycles. The molecule has 0 bridgehead atoms. The van der Waals surface area contributed by atoms with E-state index in [-0.39, 0.29) is 0 Å². The lowest BCUT2D eigenvalue weighted by molar-refractivity contribution is 0.0566. The molecule has 4 nitrogen and oxygen atoms in total. The van der Waals surface area contributed by atoms with Gasteiger partial charge in [-0.3, -0.25) is 0 Å². The van der Waals surface area contributed by atoms with E-state index < -0.39 is 6.55 Å². The van der Waals surface area contributed by atoms with Crippen molar-refractivity contribution in [1.29, 1.82) is 0 Å². The van der Waals surface area contributed by atoms with Crippen LogP contribution < -0.4 is 0 Å². The van der Waals surface area contributed by atoms with Gasteiger partial charge in [0.1, 0.15) is 5.69 Å². The summed E-state index contributed by atoms with van der Waals surface area (Å²) in [6, 6.07) is 0. The second-order valence-electron chi connectivity index (χ2n) is 3.00. The fraction of sp³-hybridized carbons (Fsp3) is 0.250. The minimum atomic E-state index is -2.65. The Kier molecular flexibility index (Phi) is 2.44. The van der Waals surface area contributed by atoms with Crippen LogP contribution in [0.1, 0.15) is 12.1 Å². The third-order valence-electron chi connectivity index (χ3n) is 1.89. The quantitative estimate of drug-likeness (QED) is 0.797. The van der Waals surface area contributed by atoms with Gasteiger partial charge in [-0.1, -0.05) is 11.6 Å². The first-order chi connectivity index (χ1) is 7.08. The van der Waals surface area contributed by atoms with Crippen LogP contribution in [0.15, 0.2) is 18.6 Å². The normalized spacial score (nSPS) is 11.3. The van der Waals surface area contributed by atoms with Crippen LogP contribution in [0.3, 0.4) is 0 Å². The highest BCUT2D eigenvalue weighted by Crippen LogP contribution is 2.16. The molecule has 2 aromatic heterocycles. The number of alkyl halides is 2. The highest BCUT2D eigenvalue weighted by molar-refractivity contribution is 6.30. The summed E-state index contributed by atoms with van der Waals surface area (Å²) in [5.74, 6) is 0. The molecular weight excluding hydrogens is 226 g/mol. The maximum Gasteiger partial charge on any atom is 0.333 e. The third-order valence-corrected chi connectivity index (χ3v) is 2.26. The maximum absolute atomic E-state index is 12.2. The summed E-state index contributed by atoms with van der Waals surface area (Å²) >= 11 is 5.74. The van der Waals surface area contributed by atoms with E-state index in [0.29, 0.717) is 15.5 Å². The molecule has 15 heavy (non-hydrogen) atoms. The van der Waals surface area contributed by atoms with E-state index in [2.05, 4.69) is 10.2 Å². The lowest BCUT2D eigenvalue weighted by Crippen LogP contribution is -1.97. The predicted molar refractivity (Wildman–Crippen MR) is 50.3 cm³/mol. The van der Waals surface area contributed by atoms with E-state index in [0.717, 1.165) is 5.56 Å². The highest BCUT2D eigenvalue weighted by atomic mass is 35.5. The molecule has 7 heteroatoms. The van der Waals surface area contributed by atoms with Crippen LogP contribution in [-0.4, -0.2) is 19.6 Å². The number of nitrogens with zero attached hydrogens (tertiary/aromatic N) is 4. The van der Waals surface area contributed by atoms with Crippen LogP contribution in [0.5, 0.6) is 0 Å². The number of hydrogen-bond acceptors (Lipinski definition) is 2. The van der Waals surface area contributed by atoms with E-state index in [9.17, 15) is 8.78 Å². The van der Waals surface area contributed by atoms with Crippen LogP contribution in [0.2, 0.25) is 5.15 Å². The van der Waals surface area contributed by atoms with E-state index in [1.54, 1.807) is 13.1 Å². The average molecular weight is 233 g/mol. The molecular formula is C8H7ClF2N4. The molecule has 2 rings (SSSR count). The SMILES string of the molecule is Cc1cn(-c2cnn(C(F)F)c2)nc1Cl. The van der Waals surface area contributed by atoms with Crippen molar-refractivity contribution in [3.05, 3.63) is 29.3 Å². The third kappa shape index (κ3) is 1.85. The highest BCUT2D eigenvalue weighted by Gasteiger charge is 2.10. The first kappa shape index (κ1) is 10.1. The van der Waals surface area contributed by atoms with Gasteiger partial charge in [0.25, 0.3) is 0 Å². The summed E-state index contributed by atoms with van der Waals surface area (Å²) in [6.45, 7) is -0.866. The summed E-state index contributed by atoms with van der Waals surface area (Å²) < 4.78 is 26.4. The van der Waals surface area contributed by atoms with Gasteiger partial charge in [-0.15, -0.1) is 0 Å². The van der Waals surface area contributed by atoms with Crippen LogP contribution in [0.25, 0.3) is 5.69 Å². The Balaban J connectivity index is 2.37. The first-order valence-electron chi connectivity index (χ1n) is 4.12. The van der Waals surface area contributed by atoms with Crippen molar-refractivity contribution in [3.63, 3.8) is 0 Å². The number of halogens is 3. The Labute approximate surface area is 89.1 Å². The number of rotatable bonds is 2. The van der Waals surface area contributed by atoms with E-state index in [4.69, 9.17) is 11.6 Å². The van der Waals surface area contributed by atoms with Crippen molar-refractivity contribution in [3.8, 4) is 5.69 Å². The zero-order chi connectivity index (χ0) is 11.0. The molecule has 0 N–H and O–H groups in total. The van der Waals surface area contributed by atoms with Crippen molar-refractivity contribution in [1.82, 2.24) is 19.6 Å². The fourth-order valence-corrected chi connectivity index (χ4v) is 1.25. The molecule has 0 aliphatic carbocycles. The molecule has 0 saturated carbocycles. The van der Waals surface area contributed by atoms with Gasteiger partial charge in [-0.25, -0.2) is 9.36 Å². The molecule has 0 radical (unpaired) electrons. The summed E-state index contributed by atoms with van der Waals surface area (Å²) in [5, 5.41) is 7.78. The van der Waals surface area contributed by atoms with Gasteiger partial charge in [0.2, 0.25) is 0 Å². The standard InChI is InChI=1S/C8H7ClF2N4/c1-5-3-14(13-7(5)9)6-2-12-15(4-6)8(10)11/h2-4,8H,1H3. The average Bonchev–Trinajstić information content (AvgIpc) is 2.74. The first-order valence-corrected chi connectivity index (χ1v) is 4.50. The zero-order valence-corrected chi connectivity index (χ0v) is 8.49. The Morgan fingerprint density at radius 1 is 1.40 bits per heavy atom. The van der Waals surface area contributed by atoms with Crippen molar-refractivity contribution in [2.24, 2.45) is 0 Å². The lowest BCUT2D eigenvalue weighted by Gasteiger charge is -1.96. The number of aromatic nitrogens is 4. The molecule has 0 spiro atoms. The van der Waals surface area contributed by atoms with Gasteiger partial charge in [0, 0.05) is 11.8 Å². The van der Waals surface area contributed by atoms with Crippen molar-refractivity contribution >= 4 is 11.6 Å². The number of aryl methyl sites for hydroxylation is 1. The van der Waals surface area contributed by atoms with Crippen LogP contribution >= 0.6 is 11.6 Å². The maximum atomic E-state index is 12.2. The summed E-state index contributed by atoms with van der Waals surface area (Å²) in [7, 11) is 0. The van der Waals surface area contributed by atoms with Crippen molar-refractivity contribution in [2.75, 3.05) is 0 Å². The molecule has 2 heterocycles. The molecule has 0 aliphatic rings. The lowest BCUT2D eigenvalue weighted by atomic mass is 10.4. The van der Waals surface area contributed by atoms with Gasteiger partial charge >= 0.3 is 6.55 Å². The summed E-state index contributed by atoms with van der Waals surface area (Å²) in [5.41, 5.74) is 1.23. The van der Waals surface area contributed by atoms with E-state index >= 15 is 0 Å². The molecule has 0 unspecified atom stereocenters. The Morgan fingerprint density at radius 3 is 2.60 bits per heavy atom. The monoisotopic (exact) mass is 232 g/mol. The molecule has 0 saturated heterocycles. The second-order valence-corrected chi connectivity index (χ2v) is 3.36. The Bertz CT molecular complexity index is 457. The largest absolute Gasteiger partial charge is 0.333 e. The van der Waals surface area contributed by atoms with Crippen molar-refractivity contribution in [2.45, 2.75) is 13.5 Å². The molecule has 2 aromatic rings. The molecule has 0 fully saturated rings. The number of hydrogen-bond donors (Lipinski definition) is 0. The molecule has 0 amide bonds. The van der Waals surface area contributed by atoms with Gasteiger partial charge in [0.05, 0.1) is 12.4 Å². The summed E-state index contributed by atoms with van der Waals surface area (Å²) in [4.78, 5) is 0. The van der Waals surface area contributed by atoms with Gasteiger partial charge < -0.3 is 0 Å². The van der Waals surface area contributed by atoms with Gasteiger partial charge in [-0.05, 0) is 6.92 Å². The smallest absolute Gasteiger partial charge is 0.236 e. The molecule has 0 atom stereocenters. The van der Waals surface area contributed by atoms with Gasteiger partial charge in [0.15, 0.2) is 5.15 Å². The van der Waals surface area contributed by atoms with Crippen LogP contribution in [0, 0.1) is 6.92 Å². The Morgan fingerprint density at radius 2 is 2.13 bits per heavy atom. The zero-order valence-electron chi connectivity index (χ0n) is 7.73. The van der Waals surface area contributed by atoms with Crippen molar-refractivity contribution < 1.29 is 8.78 Å². The molecule has 80 valence electrons. The fourth-order valence-electron chi connectivity index (χ4n) is 1.12. The molecule has 0 aliphatic heterocycles. The minimum absolute atomic E-state index is 0.347. The van der Waals surface area contributed by atoms with Crippen LogP contribution in [0.4, 0.5) is 8.78 Å². The predicted octanol–water partition coefficient (Wildman–Crippen LogP) is 2.43. The summed E-state index contributed by atoms with van der Waals surface area (Å²) in [6.07, 6.45) is 4.15. The topological polar surface area (TPSA) is 35.6 Å². The van der Waals surface area contributed by atoms with Crippen LogP contribution in [-0.2, 0) is 0 Å². The van der Waals surface area contributed by atoms with E-state index in [1.165, 1.54) is 17.1 Å². The minimum Gasteiger partial charge on any atom is -0.236 e. The van der Waals surface area contributed by atoms with E-state index in [1.807, 2.05) is 0 Å².